The quantitative estimate of drug-likeness (QED) is 0.862. The maximum Gasteiger partial charge on any atom is 0.290 e. The highest BCUT2D eigenvalue weighted by Gasteiger charge is 2.24. The van der Waals surface area contributed by atoms with E-state index >= 15 is 0 Å². The van der Waals surface area contributed by atoms with Gasteiger partial charge in [0.15, 0.2) is 0 Å². The molecule has 2 heterocycles. The highest BCUT2D eigenvalue weighted by atomic mass is 16.5. The zero-order chi connectivity index (χ0) is 16.2. The minimum absolute atomic E-state index is 0.179. The largest absolute Gasteiger partial charge is 0.350 e. The van der Waals surface area contributed by atoms with E-state index in [0.29, 0.717) is 23.7 Å². The lowest BCUT2D eigenvalue weighted by molar-refractivity contribution is 0.0913. The van der Waals surface area contributed by atoms with Gasteiger partial charge in [-0.1, -0.05) is 28.9 Å². The van der Waals surface area contributed by atoms with Crippen LogP contribution in [0.2, 0.25) is 0 Å². The van der Waals surface area contributed by atoms with Gasteiger partial charge in [0.25, 0.3) is 5.91 Å². The van der Waals surface area contributed by atoms with Gasteiger partial charge < -0.3 is 9.84 Å². The second-order valence-electron chi connectivity index (χ2n) is 6.26. The van der Waals surface area contributed by atoms with Gasteiger partial charge in [0.1, 0.15) is 5.52 Å². The van der Waals surface area contributed by atoms with Crippen LogP contribution < -0.4 is 5.32 Å². The van der Waals surface area contributed by atoms with Crippen molar-refractivity contribution in [3.05, 3.63) is 41.7 Å². The summed E-state index contributed by atoms with van der Waals surface area (Å²) in [5.74, 6) is 0.625. The fourth-order valence-electron chi connectivity index (χ4n) is 3.04. The van der Waals surface area contributed by atoms with Gasteiger partial charge in [-0.05, 0) is 44.9 Å². The molecule has 122 valence electrons. The van der Waals surface area contributed by atoms with Crippen LogP contribution in [0.25, 0.3) is 10.9 Å². The lowest BCUT2D eigenvalue weighted by Crippen LogP contribution is -2.31. The average Bonchev–Trinajstić information content (AvgIpc) is 3.19. The SMILES string of the molecule is C/C=C(\C)CN1CC[C@H](CNC(=O)c2onc3ccccc23)C1. The maximum absolute atomic E-state index is 12.3. The Kier molecular flexibility index (Phi) is 4.76. The number of carbonyl (C=O) groups is 1. The molecule has 0 bridgehead atoms. The smallest absolute Gasteiger partial charge is 0.290 e. The molecule has 5 nitrogen and oxygen atoms in total. The van der Waals surface area contributed by atoms with Crippen molar-refractivity contribution in [1.29, 1.82) is 0 Å². The molecule has 1 amide bonds. The minimum atomic E-state index is -0.179. The number of hydrogen-bond donors (Lipinski definition) is 1. The molecule has 1 aromatic heterocycles. The van der Waals surface area contributed by atoms with E-state index in [1.54, 1.807) is 0 Å². The highest BCUT2D eigenvalue weighted by molar-refractivity contribution is 6.03. The molecule has 0 aliphatic carbocycles. The van der Waals surface area contributed by atoms with Crippen molar-refractivity contribution in [3.63, 3.8) is 0 Å². The molecule has 1 aromatic carbocycles. The van der Waals surface area contributed by atoms with Gasteiger partial charge in [0.05, 0.1) is 5.39 Å². The predicted octanol–water partition coefficient (Wildman–Crippen LogP) is 2.85. The van der Waals surface area contributed by atoms with Gasteiger partial charge in [0.2, 0.25) is 5.76 Å². The number of likely N-dealkylation sites (tertiary alicyclic amines) is 1. The Morgan fingerprint density at radius 2 is 2.30 bits per heavy atom. The fourth-order valence-corrected chi connectivity index (χ4v) is 3.04. The van der Waals surface area contributed by atoms with E-state index in [0.717, 1.165) is 31.4 Å². The number of benzene rings is 1. The van der Waals surface area contributed by atoms with Gasteiger partial charge >= 0.3 is 0 Å². The summed E-state index contributed by atoms with van der Waals surface area (Å²) in [4.78, 5) is 14.8. The fraction of sp³-hybridized carbons (Fsp3) is 0.444. The molecule has 0 spiro atoms. The monoisotopic (exact) mass is 313 g/mol. The molecule has 0 saturated carbocycles. The van der Waals surface area contributed by atoms with Crippen LogP contribution in [0.1, 0.15) is 30.8 Å². The van der Waals surface area contributed by atoms with Crippen molar-refractivity contribution in [2.24, 2.45) is 5.92 Å². The second-order valence-corrected chi connectivity index (χ2v) is 6.26. The molecule has 1 aliphatic rings. The third-order valence-corrected chi connectivity index (χ3v) is 4.48. The van der Waals surface area contributed by atoms with Crippen LogP contribution in [0.4, 0.5) is 0 Å². The summed E-state index contributed by atoms with van der Waals surface area (Å²) in [6, 6.07) is 7.47. The first kappa shape index (κ1) is 15.7. The van der Waals surface area contributed by atoms with Crippen molar-refractivity contribution in [2.75, 3.05) is 26.2 Å². The Balaban J connectivity index is 1.54. The molecule has 1 atom stereocenters. The van der Waals surface area contributed by atoms with E-state index < -0.39 is 0 Å². The Morgan fingerprint density at radius 3 is 3.13 bits per heavy atom. The van der Waals surface area contributed by atoms with Crippen LogP contribution in [0.15, 0.2) is 40.4 Å². The van der Waals surface area contributed by atoms with Crippen LogP contribution in [-0.4, -0.2) is 42.1 Å². The maximum atomic E-state index is 12.3. The van der Waals surface area contributed by atoms with Crippen molar-refractivity contribution >= 4 is 16.8 Å². The van der Waals surface area contributed by atoms with Crippen LogP contribution >= 0.6 is 0 Å². The summed E-state index contributed by atoms with van der Waals surface area (Å²) in [5, 5.41) is 7.68. The first-order valence-corrected chi connectivity index (χ1v) is 8.14. The van der Waals surface area contributed by atoms with Crippen molar-refractivity contribution < 1.29 is 9.32 Å². The van der Waals surface area contributed by atoms with Crippen molar-refractivity contribution in [1.82, 2.24) is 15.4 Å². The Hall–Kier alpha value is -2.14. The van der Waals surface area contributed by atoms with E-state index in [9.17, 15) is 4.79 Å². The first-order valence-electron chi connectivity index (χ1n) is 8.14. The highest BCUT2D eigenvalue weighted by Crippen LogP contribution is 2.19. The first-order chi connectivity index (χ1) is 11.2. The van der Waals surface area contributed by atoms with Crippen LogP contribution in [0, 0.1) is 5.92 Å². The number of allylic oxidation sites excluding steroid dienone is 1. The van der Waals surface area contributed by atoms with E-state index in [1.165, 1.54) is 5.57 Å². The number of aromatic nitrogens is 1. The third kappa shape index (κ3) is 3.62. The summed E-state index contributed by atoms with van der Waals surface area (Å²) in [5.41, 5.74) is 2.11. The Morgan fingerprint density at radius 1 is 1.48 bits per heavy atom. The van der Waals surface area contributed by atoms with Crippen molar-refractivity contribution in [2.45, 2.75) is 20.3 Å². The number of hydrogen-bond acceptors (Lipinski definition) is 4. The Labute approximate surface area is 136 Å². The van der Waals surface area contributed by atoms with E-state index in [-0.39, 0.29) is 5.91 Å². The molecule has 1 fully saturated rings. The van der Waals surface area contributed by atoms with Gasteiger partial charge in [-0.3, -0.25) is 9.69 Å². The molecule has 2 aromatic rings. The van der Waals surface area contributed by atoms with E-state index in [1.807, 2.05) is 24.3 Å². The van der Waals surface area contributed by atoms with E-state index in [4.69, 9.17) is 4.52 Å². The molecule has 1 saturated heterocycles. The number of nitrogens with zero attached hydrogens (tertiary/aromatic N) is 2. The number of nitrogens with one attached hydrogen (secondary N) is 1. The molecule has 23 heavy (non-hydrogen) atoms. The number of rotatable bonds is 5. The zero-order valence-corrected chi connectivity index (χ0v) is 13.7. The summed E-state index contributed by atoms with van der Waals surface area (Å²) >= 11 is 0. The van der Waals surface area contributed by atoms with Crippen LogP contribution in [0.3, 0.4) is 0 Å². The van der Waals surface area contributed by atoms with Gasteiger partial charge in [0, 0.05) is 19.6 Å². The van der Waals surface area contributed by atoms with E-state index in [2.05, 4.69) is 35.3 Å². The molecular formula is C18H23N3O2. The van der Waals surface area contributed by atoms with Crippen LogP contribution in [-0.2, 0) is 0 Å². The Bertz CT molecular complexity index is 720. The normalized spacial score (nSPS) is 19.4. The molecular weight excluding hydrogens is 290 g/mol. The topological polar surface area (TPSA) is 58.4 Å². The summed E-state index contributed by atoms with van der Waals surface area (Å²) in [6.45, 7) is 8.06. The van der Waals surface area contributed by atoms with Crippen LogP contribution in [0.5, 0.6) is 0 Å². The molecule has 1 aliphatic heterocycles. The average molecular weight is 313 g/mol. The standard InChI is InChI=1S/C18H23N3O2/c1-3-13(2)11-21-9-8-14(12-21)10-19-18(22)17-15-6-4-5-7-16(15)20-23-17/h3-7,14H,8-12H2,1-2H3,(H,19,22)/b13-3+/t14-/m1/s1. The third-order valence-electron chi connectivity index (χ3n) is 4.48. The zero-order valence-electron chi connectivity index (χ0n) is 13.7. The molecule has 0 unspecified atom stereocenters. The summed E-state index contributed by atoms with van der Waals surface area (Å²) in [7, 11) is 0. The van der Waals surface area contributed by atoms with Gasteiger partial charge in [-0.15, -0.1) is 0 Å². The van der Waals surface area contributed by atoms with Crippen molar-refractivity contribution in [3.8, 4) is 0 Å². The molecule has 5 heteroatoms. The molecule has 0 radical (unpaired) electrons. The van der Waals surface area contributed by atoms with Gasteiger partial charge in [-0.2, -0.15) is 0 Å². The number of amides is 1. The lowest BCUT2D eigenvalue weighted by atomic mass is 10.1. The second kappa shape index (κ2) is 6.96. The number of carbonyl (C=O) groups excluding carboxylic acids is 1. The minimum Gasteiger partial charge on any atom is -0.350 e. The lowest BCUT2D eigenvalue weighted by Gasteiger charge is -2.16. The summed E-state index contributed by atoms with van der Waals surface area (Å²) in [6.07, 6.45) is 3.28. The predicted molar refractivity (Wildman–Crippen MR) is 90.3 cm³/mol. The van der Waals surface area contributed by atoms with Gasteiger partial charge in [-0.25, -0.2) is 0 Å². The molecule has 1 N–H and O–H groups in total. The number of fused-ring (bicyclic) bond motifs is 1. The molecule has 3 rings (SSSR count). The summed E-state index contributed by atoms with van der Waals surface area (Å²) < 4.78 is 5.20.